The van der Waals surface area contributed by atoms with Crippen LogP contribution in [-0.2, 0) is 32.4 Å². The van der Waals surface area contributed by atoms with Crippen LogP contribution in [0.2, 0.25) is 0 Å². The number of carbonyl (C=O) groups is 1. The van der Waals surface area contributed by atoms with Crippen molar-refractivity contribution in [2.75, 3.05) is 26.7 Å². The van der Waals surface area contributed by atoms with E-state index in [1.165, 1.54) is 30.2 Å². The summed E-state index contributed by atoms with van der Waals surface area (Å²) in [4.78, 5) is 16.8. The molecule has 0 saturated carbocycles. The van der Waals surface area contributed by atoms with Gasteiger partial charge in [0.15, 0.2) is 11.6 Å². The maximum Gasteiger partial charge on any atom is 0.416 e. The number of piperazine rings is 1. The van der Waals surface area contributed by atoms with Gasteiger partial charge in [-0.05, 0) is 42.3 Å². The first kappa shape index (κ1) is 31.2. The Labute approximate surface area is 231 Å². The number of amides is 1. The first-order valence-electron chi connectivity index (χ1n) is 11.9. The summed E-state index contributed by atoms with van der Waals surface area (Å²) in [6, 6.07) is 4.37. The molecule has 0 aliphatic carbocycles. The highest BCUT2D eigenvalue weighted by Crippen LogP contribution is 2.37. The first-order valence-corrected chi connectivity index (χ1v) is 11.9. The number of aromatic nitrogens is 2. The number of rotatable bonds is 6. The smallest absolute Gasteiger partial charge is 0.416 e. The number of hydrogen-bond acceptors (Lipinski definition) is 4. The van der Waals surface area contributed by atoms with Crippen molar-refractivity contribution in [1.29, 1.82) is 0 Å². The lowest BCUT2D eigenvalue weighted by Crippen LogP contribution is -2.55. The molecule has 1 aliphatic rings. The van der Waals surface area contributed by atoms with Gasteiger partial charge >= 0.3 is 12.4 Å². The predicted octanol–water partition coefficient (Wildman–Crippen LogP) is 5.60. The second-order valence-electron chi connectivity index (χ2n) is 9.38. The van der Waals surface area contributed by atoms with Crippen molar-refractivity contribution in [2.45, 2.75) is 31.4 Å². The molecule has 1 amide bonds. The molecule has 0 spiro atoms. The van der Waals surface area contributed by atoms with E-state index < -0.39 is 46.8 Å². The van der Waals surface area contributed by atoms with E-state index in [4.69, 9.17) is 4.74 Å². The average Bonchev–Trinajstić information content (AvgIpc) is 3.28. The molecule has 14 heteroatoms. The van der Waals surface area contributed by atoms with Gasteiger partial charge < -0.3 is 9.64 Å². The molecule has 1 aromatic heterocycles. The van der Waals surface area contributed by atoms with Gasteiger partial charge in [-0.3, -0.25) is 14.4 Å². The van der Waals surface area contributed by atoms with Crippen molar-refractivity contribution >= 4 is 18.3 Å². The monoisotopic (exact) mass is 594 g/mol. The summed E-state index contributed by atoms with van der Waals surface area (Å²) in [5.41, 5.74) is -2.35. The molecule has 2 heterocycles. The van der Waals surface area contributed by atoms with Crippen LogP contribution in [0.25, 0.3) is 0 Å². The molecule has 0 unspecified atom stereocenters. The van der Waals surface area contributed by atoms with Gasteiger partial charge in [0.2, 0.25) is 0 Å². The fourth-order valence-corrected chi connectivity index (χ4v) is 4.66. The van der Waals surface area contributed by atoms with Crippen LogP contribution in [-0.4, -0.2) is 58.3 Å². The standard InChI is InChI=1S/C26H25F7N4O2.ClH/c1-35-13-17(12-34-35)14-36-5-6-37(21(15-36)7-16-3-4-22(27)23(8-16)39-2)24(38)18-9-19(25(28,29)30)11-20(10-18)26(31,32)33;/h3-4,8-13,21H,5-7,14-15H2,1-2H3;1H/t21-;/m1./s1. The van der Waals surface area contributed by atoms with Gasteiger partial charge in [-0.25, -0.2) is 4.39 Å². The van der Waals surface area contributed by atoms with Crippen LogP contribution < -0.4 is 4.74 Å². The lowest BCUT2D eigenvalue weighted by Gasteiger charge is -2.41. The Balaban J connectivity index is 0.00000441. The molecule has 3 aromatic rings. The van der Waals surface area contributed by atoms with Crippen LogP contribution in [0.1, 0.15) is 32.6 Å². The minimum Gasteiger partial charge on any atom is -0.494 e. The Bertz CT molecular complexity index is 1310. The zero-order valence-electron chi connectivity index (χ0n) is 21.4. The van der Waals surface area contributed by atoms with Crippen LogP contribution in [0.15, 0.2) is 48.8 Å². The molecule has 6 nitrogen and oxygen atoms in total. The molecule has 1 fully saturated rings. The normalized spacial score (nSPS) is 16.5. The highest BCUT2D eigenvalue weighted by atomic mass is 35.5. The molecule has 0 N–H and O–H groups in total. The largest absolute Gasteiger partial charge is 0.494 e. The van der Waals surface area contributed by atoms with Crippen molar-refractivity contribution in [2.24, 2.45) is 7.05 Å². The highest BCUT2D eigenvalue weighted by Gasteiger charge is 2.39. The van der Waals surface area contributed by atoms with Gasteiger partial charge in [0, 0.05) is 56.6 Å². The summed E-state index contributed by atoms with van der Waals surface area (Å²) < 4.78 is 101. The van der Waals surface area contributed by atoms with Gasteiger partial charge in [-0.15, -0.1) is 12.4 Å². The lowest BCUT2D eigenvalue weighted by molar-refractivity contribution is -0.143. The highest BCUT2D eigenvalue weighted by molar-refractivity contribution is 5.95. The minimum absolute atomic E-state index is 0. The summed E-state index contributed by atoms with van der Waals surface area (Å²) in [5.74, 6) is -1.58. The van der Waals surface area contributed by atoms with Gasteiger partial charge in [-0.1, -0.05) is 6.07 Å². The van der Waals surface area contributed by atoms with Gasteiger partial charge in [-0.2, -0.15) is 31.4 Å². The van der Waals surface area contributed by atoms with Crippen LogP contribution in [0.5, 0.6) is 5.75 Å². The summed E-state index contributed by atoms with van der Waals surface area (Å²) in [7, 11) is 3.05. The van der Waals surface area contributed by atoms with E-state index in [2.05, 4.69) is 5.10 Å². The number of methoxy groups -OCH3 is 1. The fourth-order valence-electron chi connectivity index (χ4n) is 4.66. The molecule has 1 saturated heterocycles. The van der Waals surface area contributed by atoms with Crippen LogP contribution in [0.4, 0.5) is 30.7 Å². The zero-order valence-corrected chi connectivity index (χ0v) is 22.2. The Kier molecular flexibility index (Phi) is 9.40. The van der Waals surface area contributed by atoms with Crippen molar-refractivity contribution in [3.8, 4) is 5.75 Å². The third-order valence-electron chi connectivity index (χ3n) is 6.51. The molecule has 0 bridgehead atoms. The number of benzene rings is 2. The Morgan fingerprint density at radius 3 is 2.20 bits per heavy atom. The molecular formula is C26H26ClF7N4O2. The lowest BCUT2D eigenvalue weighted by atomic mass is 9.98. The number of alkyl halides is 6. The second-order valence-corrected chi connectivity index (χ2v) is 9.38. The maximum absolute atomic E-state index is 14.0. The van der Waals surface area contributed by atoms with E-state index >= 15 is 0 Å². The van der Waals surface area contributed by atoms with Gasteiger partial charge in [0.25, 0.3) is 5.91 Å². The average molecular weight is 595 g/mol. The first-order chi connectivity index (χ1) is 18.2. The number of carbonyl (C=O) groups excluding carboxylic acids is 1. The number of ether oxygens (including phenoxy) is 1. The predicted molar refractivity (Wildman–Crippen MR) is 134 cm³/mol. The van der Waals surface area contributed by atoms with Crippen molar-refractivity contribution in [3.63, 3.8) is 0 Å². The van der Waals surface area contributed by atoms with E-state index in [-0.39, 0.29) is 43.7 Å². The Morgan fingerprint density at radius 1 is 1.00 bits per heavy atom. The quantitative estimate of drug-likeness (QED) is 0.349. The summed E-state index contributed by atoms with van der Waals surface area (Å²) >= 11 is 0. The molecule has 2 aromatic carbocycles. The van der Waals surface area contributed by atoms with Crippen molar-refractivity contribution < 1.29 is 40.3 Å². The molecule has 0 radical (unpaired) electrons. The number of hydrogen-bond donors (Lipinski definition) is 0. The van der Waals surface area contributed by atoms with E-state index in [0.717, 1.165) is 5.56 Å². The van der Waals surface area contributed by atoms with E-state index in [1.807, 2.05) is 11.1 Å². The Hall–Kier alpha value is -3.32. The zero-order chi connectivity index (χ0) is 28.5. The molecule has 218 valence electrons. The van der Waals surface area contributed by atoms with Crippen LogP contribution >= 0.6 is 12.4 Å². The SMILES string of the molecule is COc1cc(C[C@@H]2CN(Cc3cnn(C)c3)CCN2C(=O)c2cc(C(F)(F)F)cc(C(F)(F)F)c2)ccc1F.Cl. The molecule has 40 heavy (non-hydrogen) atoms. The molecule has 1 aliphatic heterocycles. The van der Waals surface area contributed by atoms with E-state index in [9.17, 15) is 35.5 Å². The minimum atomic E-state index is -5.08. The van der Waals surface area contributed by atoms with E-state index in [1.54, 1.807) is 17.9 Å². The molecule has 1 atom stereocenters. The van der Waals surface area contributed by atoms with Crippen LogP contribution in [0, 0.1) is 5.82 Å². The maximum atomic E-state index is 14.0. The van der Waals surface area contributed by atoms with E-state index in [0.29, 0.717) is 30.8 Å². The topological polar surface area (TPSA) is 50.6 Å². The van der Waals surface area contributed by atoms with Gasteiger partial charge in [0.1, 0.15) is 0 Å². The summed E-state index contributed by atoms with van der Waals surface area (Å²) in [5, 5.41) is 4.13. The summed E-state index contributed by atoms with van der Waals surface area (Å²) in [6.45, 7) is 1.13. The number of halogens is 8. The van der Waals surface area contributed by atoms with Crippen molar-refractivity contribution in [1.82, 2.24) is 19.6 Å². The van der Waals surface area contributed by atoms with Crippen molar-refractivity contribution in [3.05, 3.63) is 82.4 Å². The molecular weight excluding hydrogens is 569 g/mol. The number of nitrogens with zero attached hydrogens (tertiary/aromatic N) is 4. The second kappa shape index (κ2) is 12.0. The summed E-state index contributed by atoms with van der Waals surface area (Å²) in [6.07, 6.45) is -6.50. The van der Waals surface area contributed by atoms with Crippen LogP contribution in [0.3, 0.4) is 0 Å². The Morgan fingerprint density at radius 2 is 1.65 bits per heavy atom. The fraction of sp³-hybridized carbons (Fsp3) is 0.385. The van der Waals surface area contributed by atoms with Gasteiger partial charge in [0.05, 0.1) is 24.4 Å². The third-order valence-corrected chi connectivity index (χ3v) is 6.51. The third kappa shape index (κ3) is 7.25. The number of aryl methyl sites for hydroxylation is 1. The molecule has 4 rings (SSSR count).